The molecule has 8 nitrogen and oxygen atoms in total. The van der Waals surface area contributed by atoms with Crippen LogP contribution in [-0.2, 0) is 25.7 Å². The molecule has 0 aromatic heterocycles. The molecule has 2 aliphatic carbocycles. The van der Waals surface area contributed by atoms with Gasteiger partial charge < -0.3 is 24.6 Å². The predicted octanol–water partition coefficient (Wildman–Crippen LogP) is 7.27. The number of hydrogen-bond acceptors (Lipinski definition) is 6. The lowest BCUT2D eigenvalue weighted by molar-refractivity contribution is -0.152. The molecule has 3 aliphatic rings. The number of allylic oxidation sites excluding steroid dienone is 4. The lowest BCUT2D eigenvalue weighted by Crippen LogP contribution is -2.35. The third kappa shape index (κ3) is 9.69. The molecule has 1 aromatic carbocycles. The number of alkyl halides is 4. The van der Waals surface area contributed by atoms with Crippen LogP contribution < -0.4 is 4.74 Å². The molecule has 4 rings (SSSR count). The number of benzene rings is 1. The van der Waals surface area contributed by atoms with Gasteiger partial charge in [0.2, 0.25) is 9.70 Å². The molecule has 0 spiro atoms. The molecular weight excluding hydrogens is 688 g/mol. The van der Waals surface area contributed by atoms with Crippen LogP contribution in [0, 0.1) is 29.1 Å². The zero-order valence-electron chi connectivity index (χ0n) is 27.0. The quantitative estimate of drug-likeness (QED) is 0.0896. The maximum atomic E-state index is 13.8. The molecule has 47 heavy (non-hydrogen) atoms. The lowest BCUT2D eigenvalue weighted by atomic mass is 9.64. The number of carboxylic acids is 1. The SMILES string of the molecule is COc1ccc(CN2C[C@@]3(C)C(=C[C@H](/C(C)=C/C(C)CCC(OC(=O)CC(O)C4C[C@@H]4Cl)C(Cl)(Cl)Cl)CC3/C=C/C(=O)O)C2=O)cc1. The zero-order valence-corrected chi connectivity index (χ0v) is 30.0. The maximum Gasteiger partial charge on any atom is 0.327 e. The summed E-state index contributed by atoms with van der Waals surface area (Å²) in [5.41, 5.74) is 2.16. The molecule has 1 aliphatic heterocycles. The molecule has 0 bridgehead atoms. The van der Waals surface area contributed by atoms with Crippen LogP contribution in [0.2, 0.25) is 0 Å². The third-order valence-corrected chi connectivity index (χ3v) is 10.9. The number of carbonyl (C=O) groups excluding carboxylic acids is 2. The molecule has 12 heteroatoms. The largest absolute Gasteiger partial charge is 0.497 e. The van der Waals surface area contributed by atoms with Crippen LogP contribution in [0.15, 0.2) is 59.7 Å². The second-order valence-electron chi connectivity index (χ2n) is 13.3. The maximum absolute atomic E-state index is 13.8. The highest BCUT2D eigenvalue weighted by Crippen LogP contribution is 2.51. The van der Waals surface area contributed by atoms with E-state index in [1.54, 1.807) is 13.2 Å². The van der Waals surface area contributed by atoms with E-state index in [0.717, 1.165) is 16.9 Å². The van der Waals surface area contributed by atoms with Crippen LogP contribution in [0.5, 0.6) is 5.75 Å². The van der Waals surface area contributed by atoms with Crippen molar-refractivity contribution in [1.82, 2.24) is 4.90 Å². The van der Waals surface area contributed by atoms with Gasteiger partial charge in [0.1, 0.15) is 11.9 Å². The molecular formula is C35H43Cl4NO7. The number of carboxylic acid groups (broad SMARTS) is 1. The number of nitrogens with zero attached hydrogens (tertiary/aromatic N) is 1. The standard InChI is InChI=1S/C35H43Cl4NO7/c1-20(5-11-30(35(37,38)39)47-32(44)17-29(41)26-16-28(26)36)13-21(2)23-14-24(8-12-31(42)43)34(3)19-40(33(45)27(34)15-23)18-22-6-9-25(46-4)10-7-22/h6-10,12-13,15,20,23-24,26,28-30,41H,5,11,14,16-19H2,1-4H3,(H,42,43)/b12-8+,21-13+/t20?,23-,24?,26?,28+,29?,30?,34-/m1/s1. The summed E-state index contributed by atoms with van der Waals surface area (Å²) in [5.74, 6) is -1.40. The van der Waals surface area contributed by atoms with Gasteiger partial charge in [0.15, 0.2) is 0 Å². The second kappa shape index (κ2) is 15.5. The highest BCUT2D eigenvalue weighted by molar-refractivity contribution is 6.68. The summed E-state index contributed by atoms with van der Waals surface area (Å²) in [6, 6.07) is 7.60. The van der Waals surface area contributed by atoms with Gasteiger partial charge in [-0.3, -0.25) is 9.59 Å². The molecule has 1 heterocycles. The average Bonchev–Trinajstić information content (AvgIpc) is 3.68. The Morgan fingerprint density at radius 2 is 1.83 bits per heavy atom. The number of methoxy groups -OCH3 is 1. The van der Waals surface area contributed by atoms with E-state index < -0.39 is 33.4 Å². The second-order valence-corrected chi connectivity index (χ2v) is 16.3. The van der Waals surface area contributed by atoms with E-state index >= 15 is 0 Å². The minimum Gasteiger partial charge on any atom is -0.497 e. The minimum atomic E-state index is -1.85. The predicted molar refractivity (Wildman–Crippen MR) is 184 cm³/mol. The smallest absolute Gasteiger partial charge is 0.327 e. The summed E-state index contributed by atoms with van der Waals surface area (Å²) in [6.07, 6.45) is 7.02. The van der Waals surface area contributed by atoms with Crippen LogP contribution in [-0.4, -0.2) is 68.0 Å². The van der Waals surface area contributed by atoms with Crippen LogP contribution >= 0.6 is 46.4 Å². The third-order valence-electron chi connectivity index (χ3n) is 9.63. The first-order chi connectivity index (χ1) is 22.0. The van der Waals surface area contributed by atoms with Crippen molar-refractivity contribution in [2.45, 2.75) is 80.8 Å². The number of esters is 1. The highest BCUT2D eigenvalue weighted by Gasteiger charge is 2.51. The number of carbonyl (C=O) groups is 3. The van der Waals surface area contributed by atoms with Crippen molar-refractivity contribution in [1.29, 1.82) is 0 Å². The fraction of sp³-hybridized carbons (Fsp3) is 0.571. The number of ether oxygens (including phenoxy) is 2. The summed E-state index contributed by atoms with van der Waals surface area (Å²) in [5, 5.41) is 19.5. The molecule has 1 aromatic rings. The van der Waals surface area contributed by atoms with Gasteiger partial charge in [0, 0.05) is 41.4 Å². The number of aliphatic hydroxyl groups is 1. The number of halogens is 4. The van der Waals surface area contributed by atoms with Crippen molar-refractivity contribution in [2.24, 2.45) is 29.1 Å². The van der Waals surface area contributed by atoms with Crippen molar-refractivity contribution in [3.8, 4) is 5.75 Å². The fourth-order valence-corrected chi connectivity index (χ4v) is 7.54. The number of likely N-dealkylation sites (tertiary alicyclic amines) is 1. The van der Waals surface area contributed by atoms with Gasteiger partial charge in [-0.25, -0.2) is 4.79 Å². The van der Waals surface area contributed by atoms with E-state index in [1.165, 1.54) is 6.08 Å². The van der Waals surface area contributed by atoms with Gasteiger partial charge in [0.25, 0.3) is 0 Å². The van der Waals surface area contributed by atoms with Gasteiger partial charge >= 0.3 is 11.9 Å². The van der Waals surface area contributed by atoms with Crippen LogP contribution in [0.1, 0.15) is 58.4 Å². The highest BCUT2D eigenvalue weighted by atomic mass is 35.6. The molecule has 2 fully saturated rings. The Morgan fingerprint density at radius 1 is 1.17 bits per heavy atom. The zero-order chi connectivity index (χ0) is 34.7. The van der Waals surface area contributed by atoms with E-state index in [2.05, 4.69) is 6.08 Å². The number of aliphatic carboxylic acids is 1. The van der Waals surface area contributed by atoms with Crippen LogP contribution in [0.25, 0.3) is 0 Å². The Kier molecular flexibility index (Phi) is 12.4. The van der Waals surface area contributed by atoms with E-state index in [9.17, 15) is 24.6 Å². The Hall–Kier alpha value is -2.23. The van der Waals surface area contributed by atoms with Crippen molar-refractivity contribution in [3.63, 3.8) is 0 Å². The number of fused-ring (bicyclic) bond motifs is 1. The average molecular weight is 732 g/mol. The van der Waals surface area contributed by atoms with Crippen molar-refractivity contribution < 1.29 is 34.1 Å². The molecule has 5 unspecified atom stereocenters. The van der Waals surface area contributed by atoms with Crippen molar-refractivity contribution in [3.05, 3.63) is 65.3 Å². The molecule has 2 N–H and O–H groups in total. The minimum absolute atomic E-state index is 0.00295. The number of amides is 1. The Bertz CT molecular complexity index is 1410. The van der Waals surface area contributed by atoms with Crippen LogP contribution in [0.3, 0.4) is 0 Å². The lowest BCUT2D eigenvalue weighted by Gasteiger charge is -2.39. The van der Waals surface area contributed by atoms with Gasteiger partial charge in [-0.15, -0.1) is 11.6 Å². The van der Waals surface area contributed by atoms with Gasteiger partial charge in [-0.2, -0.15) is 0 Å². The molecule has 0 radical (unpaired) electrons. The molecule has 1 amide bonds. The van der Waals surface area contributed by atoms with E-state index in [1.807, 2.05) is 56.0 Å². The normalized spacial score (nSPS) is 28.0. The summed E-state index contributed by atoms with van der Waals surface area (Å²) < 4.78 is 8.90. The van der Waals surface area contributed by atoms with E-state index in [-0.39, 0.29) is 47.8 Å². The van der Waals surface area contributed by atoms with E-state index in [4.69, 9.17) is 55.9 Å². The molecule has 8 atom stereocenters. The molecule has 258 valence electrons. The summed E-state index contributed by atoms with van der Waals surface area (Å²) in [6.45, 7) is 6.96. The van der Waals surface area contributed by atoms with Gasteiger partial charge in [0.05, 0.1) is 19.6 Å². The van der Waals surface area contributed by atoms with Gasteiger partial charge in [-0.05, 0) is 68.1 Å². The van der Waals surface area contributed by atoms with Crippen LogP contribution in [0.4, 0.5) is 0 Å². The summed E-state index contributed by atoms with van der Waals surface area (Å²) in [7, 11) is 1.61. The van der Waals surface area contributed by atoms with Crippen molar-refractivity contribution in [2.75, 3.05) is 13.7 Å². The molecule has 1 saturated heterocycles. The Labute approximate surface area is 296 Å². The first-order valence-corrected chi connectivity index (χ1v) is 17.4. The fourth-order valence-electron chi connectivity index (χ4n) is 6.70. The number of aliphatic hydroxyl groups excluding tert-OH is 1. The Morgan fingerprint density at radius 3 is 2.40 bits per heavy atom. The summed E-state index contributed by atoms with van der Waals surface area (Å²) in [4.78, 5) is 39.6. The molecule has 1 saturated carbocycles. The first-order valence-electron chi connectivity index (χ1n) is 15.8. The first kappa shape index (κ1) is 37.6. The number of rotatable bonds is 14. The topological polar surface area (TPSA) is 113 Å². The van der Waals surface area contributed by atoms with Crippen molar-refractivity contribution >= 4 is 64.2 Å². The Balaban J connectivity index is 1.46. The monoisotopic (exact) mass is 729 g/mol. The summed E-state index contributed by atoms with van der Waals surface area (Å²) >= 11 is 24.5. The number of hydrogen-bond donors (Lipinski definition) is 2. The van der Waals surface area contributed by atoms with E-state index in [0.29, 0.717) is 37.9 Å². The van der Waals surface area contributed by atoms with Gasteiger partial charge in [-0.1, -0.05) is 84.6 Å².